The molecule has 0 aliphatic carbocycles. The maximum absolute atomic E-state index is 14.7. The van der Waals surface area contributed by atoms with E-state index in [4.69, 9.17) is 11.0 Å². The SMILES string of the molecule is C=C(N)NCCNc1nc(-c2ccccc2C)c2ccc(=O)n(-c3c(F)cccc3F)c2n1.N#CN. The topological polar surface area (TPSA) is 148 Å². The second kappa shape index (κ2) is 11.4. The maximum Gasteiger partial charge on any atom is 0.256 e. The van der Waals surface area contributed by atoms with Crippen LogP contribution in [0.1, 0.15) is 5.56 Å². The van der Waals surface area contributed by atoms with Crippen molar-refractivity contribution < 1.29 is 8.78 Å². The van der Waals surface area contributed by atoms with Gasteiger partial charge in [0.05, 0.1) is 11.5 Å². The number of benzene rings is 2. The molecule has 0 unspecified atom stereocenters. The Balaban J connectivity index is 0.00000115. The zero-order chi connectivity index (χ0) is 26.2. The second-order valence-electron chi connectivity index (χ2n) is 7.53. The highest BCUT2D eigenvalue weighted by Crippen LogP contribution is 2.30. The van der Waals surface area contributed by atoms with Gasteiger partial charge in [-0.15, -0.1) is 0 Å². The van der Waals surface area contributed by atoms with Gasteiger partial charge in [-0.25, -0.2) is 13.8 Å². The van der Waals surface area contributed by atoms with Gasteiger partial charge < -0.3 is 22.1 Å². The lowest BCUT2D eigenvalue weighted by Gasteiger charge is -2.16. The number of aryl methyl sites for hydroxylation is 1. The number of rotatable bonds is 7. The Kier molecular flexibility index (Phi) is 8.14. The van der Waals surface area contributed by atoms with Crippen LogP contribution in [0, 0.1) is 30.0 Å². The van der Waals surface area contributed by atoms with E-state index in [0.717, 1.165) is 27.8 Å². The van der Waals surface area contributed by atoms with Gasteiger partial charge in [0.15, 0.2) is 11.8 Å². The molecule has 2 aromatic heterocycles. The summed E-state index contributed by atoms with van der Waals surface area (Å²) in [4.78, 5) is 21.9. The monoisotopic (exact) mass is 490 g/mol. The lowest BCUT2D eigenvalue weighted by atomic mass is 10.0. The summed E-state index contributed by atoms with van der Waals surface area (Å²) in [6.07, 6.45) is 1.25. The summed E-state index contributed by atoms with van der Waals surface area (Å²) in [5.74, 6) is -1.23. The van der Waals surface area contributed by atoms with Crippen molar-refractivity contribution in [2.45, 2.75) is 6.92 Å². The average Bonchev–Trinajstić information content (AvgIpc) is 2.83. The highest BCUT2D eigenvalue weighted by molar-refractivity contribution is 5.92. The van der Waals surface area contributed by atoms with Crippen LogP contribution in [0.5, 0.6) is 0 Å². The van der Waals surface area contributed by atoms with Crippen LogP contribution in [0.4, 0.5) is 14.7 Å². The molecule has 2 aromatic carbocycles. The van der Waals surface area contributed by atoms with Crippen molar-refractivity contribution >= 4 is 17.0 Å². The molecule has 0 bridgehead atoms. The van der Waals surface area contributed by atoms with Gasteiger partial charge in [0, 0.05) is 30.1 Å². The minimum atomic E-state index is -0.874. The molecule has 0 fully saturated rings. The van der Waals surface area contributed by atoms with Crippen LogP contribution in [0.3, 0.4) is 0 Å². The number of anilines is 1. The predicted octanol–water partition coefficient (Wildman–Crippen LogP) is 2.89. The van der Waals surface area contributed by atoms with Gasteiger partial charge in [0.25, 0.3) is 5.56 Å². The Morgan fingerprint density at radius 3 is 2.39 bits per heavy atom. The Bertz CT molecular complexity index is 1490. The number of nitrogens with two attached hydrogens (primary N) is 2. The Morgan fingerprint density at radius 2 is 1.75 bits per heavy atom. The van der Waals surface area contributed by atoms with E-state index in [2.05, 4.69) is 32.9 Å². The quantitative estimate of drug-likeness (QED) is 0.176. The Hall–Kier alpha value is -4.98. The van der Waals surface area contributed by atoms with Gasteiger partial charge in [-0.1, -0.05) is 36.9 Å². The molecule has 0 aliphatic rings. The third-order valence-corrected chi connectivity index (χ3v) is 5.07. The van der Waals surface area contributed by atoms with Crippen LogP contribution in [0.15, 0.2) is 71.8 Å². The first-order valence-electron chi connectivity index (χ1n) is 10.7. The molecule has 4 rings (SSSR count). The Morgan fingerprint density at radius 1 is 1.08 bits per heavy atom. The number of aromatic nitrogens is 3. The smallest absolute Gasteiger partial charge is 0.256 e. The Labute approximate surface area is 205 Å². The fourth-order valence-corrected chi connectivity index (χ4v) is 3.55. The third kappa shape index (κ3) is 5.56. The van der Waals surface area contributed by atoms with Crippen LogP contribution in [0.25, 0.3) is 28.0 Å². The molecule has 6 N–H and O–H groups in total. The number of nitrogens with one attached hydrogen (secondary N) is 2. The molecule has 0 saturated carbocycles. The average molecular weight is 491 g/mol. The molecule has 0 amide bonds. The predicted molar refractivity (Wildman–Crippen MR) is 135 cm³/mol. The summed E-state index contributed by atoms with van der Waals surface area (Å²) in [7, 11) is 0. The first kappa shape index (κ1) is 25.6. The summed E-state index contributed by atoms with van der Waals surface area (Å²) in [5.41, 5.74) is 10.9. The molecule has 0 aliphatic heterocycles. The molecule has 9 nitrogen and oxygen atoms in total. The molecular weight excluding hydrogens is 466 g/mol. The van der Waals surface area contributed by atoms with Crippen LogP contribution < -0.4 is 27.7 Å². The summed E-state index contributed by atoms with van der Waals surface area (Å²) in [5, 5.41) is 13.5. The van der Waals surface area contributed by atoms with Crippen molar-refractivity contribution in [2.75, 3.05) is 18.4 Å². The zero-order valence-corrected chi connectivity index (χ0v) is 19.4. The number of para-hydroxylation sites is 1. The number of pyridine rings is 1. The third-order valence-electron chi connectivity index (χ3n) is 5.07. The van der Waals surface area contributed by atoms with Crippen molar-refractivity contribution in [1.29, 1.82) is 5.26 Å². The summed E-state index contributed by atoms with van der Waals surface area (Å²) in [6, 6.07) is 13.8. The van der Waals surface area contributed by atoms with E-state index >= 15 is 0 Å². The minimum Gasteiger partial charge on any atom is -0.386 e. The van der Waals surface area contributed by atoms with Crippen LogP contribution in [-0.4, -0.2) is 27.6 Å². The fraction of sp³-hybridized carbons (Fsp3) is 0.120. The standard InChI is InChI=1S/C24H22F2N6O.CH2N2/c1-14-6-3-4-7-16(14)21-17-10-11-20(33)32(22-18(25)8-5-9-19(22)26)23(17)31-24(30-21)29-13-12-28-15(2)27;2-1-3/h3-11,28H,2,12-13,27H2,1H3,(H,29,30,31);2H2. The number of fused-ring (bicyclic) bond motifs is 1. The second-order valence-corrected chi connectivity index (χ2v) is 7.53. The van der Waals surface area contributed by atoms with Crippen LogP contribution in [0.2, 0.25) is 0 Å². The molecule has 0 saturated heterocycles. The minimum absolute atomic E-state index is 0.0819. The van der Waals surface area contributed by atoms with E-state index in [1.165, 1.54) is 18.3 Å². The summed E-state index contributed by atoms with van der Waals surface area (Å²) >= 11 is 0. The van der Waals surface area contributed by atoms with Gasteiger partial charge in [0.2, 0.25) is 5.95 Å². The molecule has 0 atom stereocenters. The number of hydrogen-bond acceptors (Lipinski definition) is 8. The lowest BCUT2D eigenvalue weighted by molar-refractivity contribution is 0.568. The van der Waals surface area contributed by atoms with Gasteiger partial charge in [0.1, 0.15) is 17.3 Å². The molecule has 0 radical (unpaired) electrons. The van der Waals surface area contributed by atoms with E-state index in [1.54, 1.807) is 6.07 Å². The lowest BCUT2D eigenvalue weighted by Crippen LogP contribution is -2.26. The maximum atomic E-state index is 14.7. The highest BCUT2D eigenvalue weighted by Gasteiger charge is 2.20. The first-order chi connectivity index (χ1) is 17.3. The van der Waals surface area contributed by atoms with E-state index in [0.29, 0.717) is 30.0 Å². The first-order valence-corrected chi connectivity index (χ1v) is 10.7. The van der Waals surface area contributed by atoms with Crippen molar-refractivity contribution in [3.8, 4) is 23.1 Å². The molecule has 0 spiro atoms. The summed E-state index contributed by atoms with van der Waals surface area (Å²) in [6.45, 7) is 6.34. The molecule has 2 heterocycles. The van der Waals surface area contributed by atoms with E-state index in [1.807, 2.05) is 31.2 Å². The normalized spacial score (nSPS) is 10.2. The molecular formula is C25H24F2N8O. The molecule has 4 aromatic rings. The van der Waals surface area contributed by atoms with Crippen LogP contribution >= 0.6 is 0 Å². The van der Waals surface area contributed by atoms with E-state index in [-0.39, 0.29) is 11.6 Å². The van der Waals surface area contributed by atoms with Crippen LogP contribution in [-0.2, 0) is 0 Å². The number of hydrogen-bond donors (Lipinski definition) is 4. The van der Waals surface area contributed by atoms with E-state index < -0.39 is 22.9 Å². The van der Waals surface area contributed by atoms with Gasteiger partial charge in [-0.2, -0.15) is 10.2 Å². The number of halogens is 2. The highest BCUT2D eigenvalue weighted by atomic mass is 19.1. The number of nitrogens with zero attached hydrogens (tertiary/aromatic N) is 4. The van der Waals surface area contributed by atoms with Crippen molar-refractivity contribution in [2.24, 2.45) is 11.5 Å². The van der Waals surface area contributed by atoms with Gasteiger partial charge >= 0.3 is 0 Å². The number of nitriles is 1. The summed E-state index contributed by atoms with van der Waals surface area (Å²) < 4.78 is 30.3. The molecule has 11 heteroatoms. The zero-order valence-electron chi connectivity index (χ0n) is 19.4. The van der Waals surface area contributed by atoms with Crippen molar-refractivity contribution in [1.82, 2.24) is 19.9 Å². The van der Waals surface area contributed by atoms with Gasteiger partial charge in [-0.05, 0) is 30.7 Å². The fourth-order valence-electron chi connectivity index (χ4n) is 3.55. The largest absolute Gasteiger partial charge is 0.386 e. The van der Waals surface area contributed by atoms with E-state index in [9.17, 15) is 13.6 Å². The molecule has 36 heavy (non-hydrogen) atoms. The van der Waals surface area contributed by atoms with Crippen molar-refractivity contribution in [3.63, 3.8) is 0 Å². The van der Waals surface area contributed by atoms with Crippen molar-refractivity contribution in [3.05, 3.63) is 94.5 Å². The van der Waals surface area contributed by atoms with Gasteiger partial charge in [-0.3, -0.25) is 9.36 Å². The molecule has 184 valence electrons.